The molecule has 0 aromatic heterocycles. The third-order valence-electron chi connectivity index (χ3n) is 4.11. The third-order valence-corrected chi connectivity index (χ3v) is 4.91. The van der Waals surface area contributed by atoms with E-state index in [1.54, 1.807) is 18.2 Å². The lowest BCUT2D eigenvalue weighted by atomic mass is 9.90. The fraction of sp³-hybridized carbons (Fsp3) is 0.562. The van der Waals surface area contributed by atoms with E-state index in [1.807, 2.05) is 4.90 Å². The van der Waals surface area contributed by atoms with Gasteiger partial charge in [-0.25, -0.2) is 0 Å². The Bertz CT molecular complexity index is 542. The zero-order valence-corrected chi connectivity index (χ0v) is 15.5. The van der Waals surface area contributed by atoms with Gasteiger partial charge in [0.05, 0.1) is 11.6 Å². The normalized spacial score (nSPS) is 20.3. The molecule has 1 heterocycles. The van der Waals surface area contributed by atoms with Crippen LogP contribution in [0.3, 0.4) is 0 Å². The summed E-state index contributed by atoms with van der Waals surface area (Å²) in [6, 6.07) is 5.26. The summed E-state index contributed by atoms with van der Waals surface area (Å²) in [5.41, 5.74) is 5.83. The standard InChI is InChI=1S/C16H22Cl2N2O2.ClH/c1-16(10-19)7-8-20(11-16)14(21)6-3-9-22-13-5-2-4-12(17)15(13)18;/h2,4-5H,3,6-11,19H2,1H3;1H. The summed E-state index contributed by atoms with van der Waals surface area (Å²) < 4.78 is 5.59. The van der Waals surface area contributed by atoms with Gasteiger partial charge in [0, 0.05) is 19.5 Å². The lowest BCUT2D eigenvalue weighted by Gasteiger charge is -2.22. The van der Waals surface area contributed by atoms with Gasteiger partial charge < -0.3 is 15.4 Å². The molecule has 0 bridgehead atoms. The molecule has 1 unspecified atom stereocenters. The Morgan fingerprint density at radius 3 is 2.83 bits per heavy atom. The average molecular weight is 382 g/mol. The minimum Gasteiger partial charge on any atom is -0.492 e. The van der Waals surface area contributed by atoms with Crippen LogP contribution in [0.4, 0.5) is 0 Å². The van der Waals surface area contributed by atoms with Crippen LogP contribution in [0, 0.1) is 5.41 Å². The van der Waals surface area contributed by atoms with Crippen LogP contribution < -0.4 is 10.5 Å². The molecule has 1 saturated heterocycles. The van der Waals surface area contributed by atoms with E-state index in [4.69, 9.17) is 33.7 Å². The van der Waals surface area contributed by atoms with Gasteiger partial charge in [-0.15, -0.1) is 12.4 Å². The molecule has 0 radical (unpaired) electrons. The van der Waals surface area contributed by atoms with Crippen LogP contribution in [-0.4, -0.2) is 37.0 Å². The monoisotopic (exact) mass is 380 g/mol. The Balaban J connectivity index is 0.00000264. The molecule has 1 aromatic carbocycles. The fourth-order valence-electron chi connectivity index (χ4n) is 2.56. The minimum absolute atomic E-state index is 0. The molecule has 0 saturated carbocycles. The largest absolute Gasteiger partial charge is 0.492 e. The SMILES string of the molecule is CC1(CN)CCN(C(=O)CCCOc2cccc(Cl)c2Cl)C1.Cl. The number of carbonyl (C=O) groups is 1. The molecule has 1 fully saturated rings. The highest BCUT2D eigenvalue weighted by Crippen LogP contribution is 2.32. The van der Waals surface area contributed by atoms with E-state index in [0.717, 1.165) is 19.5 Å². The lowest BCUT2D eigenvalue weighted by molar-refractivity contribution is -0.130. The summed E-state index contributed by atoms with van der Waals surface area (Å²) in [6.45, 7) is 4.74. The Labute approximate surface area is 153 Å². The molecule has 2 rings (SSSR count). The second kappa shape index (κ2) is 8.97. The van der Waals surface area contributed by atoms with Gasteiger partial charge in [0.25, 0.3) is 0 Å². The van der Waals surface area contributed by atoms with Crippen molar-refractivity contribution in [2.24, 2.45) is 11.1 Å². The quantitative estimate of drug-likeness (QED) is 0.763. The zero-order valence-electron chi connectivity index (χ0n) is 13.2. The molecule has 0 spiro atoms. The molecule has 2 N–H and O–H groups in total. The second-order valence-electron chi connectivity index (χ2n) is 6.08. The maximum Gasteiger partial charge on any atom is 0.222 e. The first kappa shape index (κ1) is 20.4. The number of halogens is 3. The molecule has 23 heavy (non-hydrogen) atoms. The van der Waals surface area contributed by atoms with Crippen molar-refractivity contribution in [2.45, 2.75) is 26.2 Å². The van der Waals surface area contributed by atoms with Crippen LogP contribution in [0.25, 0.3) is 0 Å². The number of amides is 1. The summed E-state index contributed by atoms with van der Waals surface area (Å²) in [7, 11) is 0. The Hall–Kier alpha value is -0.680. The maximum absolute atomic E-state index is 12.2. The zero-order chi connectivity index (χ0) is 16.2. The van der Waals surface area contributed by atoms with Crippen molar-refractivity contribution in [1.29, 1.82) is 0 Å². The van der Waals surface area contributed by atoms with Gasteiger partial charge in [0.2, 0.25) is 5.91 Å². The van der Waals surface area contributed by atoms with Crippen molar-refractivity contribution >= 4 is 41.5 Å². The first-order valence-corrected chi connectivity index (χ1v) is 8.25. The number of likely N-dealkylation sites (tertiary alicyclic amines) is 1. The first-order chi connectivity index (χ1) is 10.4. The number of benzene rings is 1. The summed E-state index contributed by atoms with van der Waals surface area (Å²) >= 11 is 12.0. The third kappa shape index (κ3) is 5.42. The molecule has 1 atom stereocenters. The molecule has 0 aliphatic carbocycles. The van der Waals surface area contributed by atoms with E-state index in [0.29, 0.717) is 41.8 Å². The molecular formula is C16H23Cl3N2O2. The Kier molecular flexibility index (Phi) is 7.95. The molecule has 1 aliphatic rings. The van der Waals surface area contributed by atoms with E-state index in [2.05, 4.69) is 6.92 Å². The highest BCUT2D eigenvalue weighted by atomic mass is 35.5. The van der Waals surface area contributed by atoms with Crippen LogP contribution in [0.2, 0.25) is 10.0 Å². The van der Waals surface area contributed by atoms with Crippen LogP contribution in [-0.2, 0) is 4.79 Å². The van der Waals surface area contributed by atoms with E-state index in [9.17, 15) is 4.79 Å². The summed E-state index contributed by atoms with van der Waals surface area (Å²) in [6.07, 6.45) is 2.10. The number of hydrogen-bond donors (Lipinski definition) is 1. The van der Waals surface area contributed by atoms with Gasteiger partial charge in [-0.05, 0) is 36.9 Å². The predicted molar refractivity (Wildman–Crippen MR) is 96.8 cm³/mol. The van der Waals surface area contributed by atoms with Crippen molar-refractivity contribution < 1.29 is 9.53 Å². The number of ether oxygens (including phenoxy) is 1. The van der Waals surface area contributed by atoms with Gasteiger partial charge >= 0.3 is 0 Å². The maximum atomic E-state index is 12.2. The van der Waals surface area contributed by atoms with Crippen molar-refractivity contribution in [3.8, 4) is 5.75 Å². The Morgan fingerprint density at radius 2 is 2.17 bits per heavy atom. The number of carbonyl (C=O) groups excluding carboxylic acids is 1. The number of nitrogens with zero attached hydrogens (tertiary/aromatic N) is 1. The smallest absolute Gasteiger partial charge is 0.222 e. The van der Waals surface area contributed by atoms with E-state index < -0.39 is 0 Å². The van der Waals surface area contributed by atoms with E-state index in [-0.39, 0.29) is 23.7 Å². The van der Waals surface area contributed by atoms with Crippen molar-refractivity contribution in [1.82, 2.24) is 4.90 Å². The number of rotatable bonds is 6. The minimum atomic E-state index is 0. The van der Waals surface area contributed by atoms with Gasteiger partial charge in [-0.1, -0.05) is 36.2 Å². The molecular weight excluding hydrogens is 359 g/mol. The predicted octanol–water partition coefficient (Wildman–Crippen LogP) is 3.77. The van der Waals surface area contributed by atoms with Gasteiger partial charge in [0.1, 0.15) is 10.8 Å². The lowest BCUT2D eigenvalue weighted by Crippen LogP contribution is -2.34. The topological polar surface area (TPSA) is 55.6 Å². The number of hydrogen-bond acceptors (Lipinski definition) is 3. The highest BCUT2D eigenvalue weighted by molar-refractivity contribution is 6.42. The fourth-order valence-corrected chi connectivity index (χ4v) is 2.91. The van der Waals surface area contributed by atoms with Gasteiger partial charge in [-0.3, -0.25) is 4.79 Å². The number of nitrogens with two attached hydrogens (primary N) is 1. The molecule has 7 heteroatoms. The van der Waals surface area contributed by atoms with Gasteiger partial charge in [0.15, 0.2) is 0 Å². The molecule has 130 valence electrons. The molecule has 1 aromatic rings. The first-order valence-electron chi connectivity index (χ1n) is 7.50. The van der Waals surface area contributed by atoms with Crippen LogP contribution >= 0.6 is 35.6 Å². The summed E-state index contributed by atoms with van der Waals surface area (Å²) in [4.78, 5) is 14.1. The van der Waals surface area contributed by atoms with E-state index in [1.165, 1.54) is 0 Å². The summed E-state index contributed by atoms with van der Waals surface area (Å²) in [5.74, 6) is 0.719. The highest BCUT2D eigenvalue weighted by Gasteiger charge is 2.34. The van der Waals surface area contributed by atoms with Crippen LogP contribution in [0.15, 0.2) is 18.2 Å². The van der Waals surface area contributed by atoms with Crippen molar-refractivity contribution in [3.05, 3.63) is 28.2 Å². The molecule has 1 aliphatic heterocycles. The Morgan fingerprint density at radius 1 is 1.43 bits per heavy atom. The van der Waals surface area contributed by atoms with E-state index >= 15 is 0 Å². The van der Waals surface area contributed by atoms with Crippen molar-refractivity contribution in [2.75, 3.05) is 26.2 Å². The van der Waals surface area contributed by atoms with Crippen LogP contribution in [0.1, 0.15) is 26.2 Å². The van der Waals surface area contributed by atoms with Gasteiger partial charge in [-0.2, -0.15) is 0 Å². The van der Waals surface area contributed by atoms with Crippen LogP contribution in [0.5, 0.6) is 5.75 Å². The summed E-state index contributed by atoms with van der Waals surface area (Å²) in [5, 5.41) is 0.877. The average Bonchev–Trinajstić information content (AvgIpc) is 2.91. The second-order valence-corrected chi connectivity index (χ2v) is 6.87. The molecule has 4 nitrogen and oxygen atoms in total. The molecule has 1 amide bonds. The van der Waals surface area contributed by atoms with Crippen molar-refractivity contribution in [3.63, 3.8) is 0 Å².